The number of amides is 1. The first kappa shape index (κ1) is 14.6. The lowest BCUT2D eigenvalue weighted by atomic mass is 10.0. The van der Waals surface area contributed by atoms with E-state index in [9.17, 15) is 9.59 Å². The van der Waals surface area contributed by atoms with Gasteiger partial charge in [0, 0.05) is 18.5 Å². The van der Waals surface area contributed by atoms with Crippen LogP contribution in [0.5, 0.6) is 0 Å². The van der Waals surface area contributed by atoms with E-state index in [1.165, 1.54) is 11.1 Å². The molecule has 0 aromatic heterocycles. The molecule has 20 heavy (non-hydrogen) atoms. The average Bonchev–Trinajstić information content (AvgIpc) is 2.82. The molecule has 4 heteroatoms. The zero-order valence-corrected chi connectivity index (χ0v) is 12.0. The van der Waals surface area contributed by atoms with Crippen LogP contribution in [0.3, 0.4) is 0 Å². The van der Waals surface area contributed by atoms with Gasteiger partial charge < -0.3 is 10.0 Å². The fourth-order valence-electron chi connectivity index (χ4n) is 3.02. The third-order valence-corrected chi connectivity index (χ3v) is 4.03. The minimum absolute atomic E-state index is 0.000746. The zero-order valence-electron chi connectivity index (χ0n) is 12.0. The molecule has 0 spiro atoms. The summed E-state index contributed by atoms with van der Waals surface area (Å²) in [5, 5.41) is 8.88. The van der Waals surface area contributed by atoms with Crippen LogP contribution in [-0.2, 0) is 22.4 Å². The number of rotatable bonds is 5. The predicted octanol–water partition coefficient (Wildman–Crippen LogP) is 2.11. The van der Waals surface area contributed by atoms with Gasteiger partial charge in [-0.15, -0.1) is 0 Å². The summed E-state index contributed by atoms with van der Waals surface area (Å²) in [6, 6.07) is 7.87. The summed E-state index contributed by atoms with van der Waals surface area (Å²) in [5.74, 6) is -0.820. The smallest absolute Gasteiger partial charge is 0.305 e. The normalized spacial score (nSPS) is 15.7. The van der Waals surface area contributed by atoms with Gasteiger partial charge in [-0.25, -0.2) is 0 Å². The molecule has 1 aliphatic rings. The number of nitrogens with zero attached hydrogens (tertiary/aromatic N) is 1. The average molecular weight is 275 g/mol. The van der Waals surface area contributed by atoms with Gasteiger partial charge in [-0.2, -0.15) is 0 Å². The summed E-state index contributed by atoms with van der Waals surface area (Å²) < 4.78 is 0. The molecule has 0 saturated carbocycles. The van der Waals surface area contributed by atoms with Crippen LogP contribution in [0.25, 0.3) is 0 Å². The molecule has 1 amide bonds. The topological polar surface area (TPSA) is 57.6 Å². The molecule has 0 aliphatic heterocycles. The molecule has 2 rings (SSSR count). The number of fused-ring (bicyclic) bond motifs is 1. The first-order chi connectivity index (χ1) is 9.52. The van der Waals surface area contributed by atoms with Crippen molar-refractivity contribution < 1.29 is 14.7 Å². The monoisotopic (exact) mass is 275 g/mol. The van der Waals surface area contributed by atoms with E-state index in [1.807, 2.05) is 19.1 Å². The molecular formula is C16H21NO3. The Morgan fingerprint density at radius 2 is 1.85 bits per heavy atom. The highest BCUT2D eigenvalue weighted by atomic mass is 16.4. The Morgan fingerprint density at radius 3 is 2.30 bits per heavy atom. The van der Waals surface area contributed by atoms with Crippen molar-refractivity contribution in [3.05, 3.63) is 35.4 Å². The number of carboxylic acid groups (broad SMARTS) is 1. The standard InChI is InChI=1S/C16H21NO3/c1-3-17(11(2)8-15(18)19)16(20)14-9-12-6-4-5-7-13(12)10-14/h4-7,11,14H,3,8-10H2,1-2H3,(H,18,19). The molecule has 1 aromatic rings. The second kappa shape index (κ2) is 6.07. The van der Waals surface area contributed by atoms with Gasteiger partial charge in [0.2, 0.25) is 5.91 Å². The summed E-state index contributed by atoms with van der Waals surface area (Å²) >= 11 is 0. The Hall–Kier alpha value is -1.84. The van der Waals surface area contributed by atoms with Crippen molar-refractivity contribution in [3.63, 3.8) is 0 Å². The van der Waals surface area contributed by atoms with E-state index in [4.69, 9.17) is 5.11 Å². The van der Waals surface area contributed by atoms with Gasteiger partial charge in [-0.1, -0.05) is 24.3 Å². The molecule has 108 valence electrons. The third-order valence-electron chi connectivity index (χ3n) is 4.03. The second-order valence-corrected chi connectivity index (χ2v) is 5.45. The summed E-state index contributed by atoms with van der Waals surface area (Å²) in [5.41, 5.74) is 2.49. The number of benzene rings is 1. The van der Waals surface area contributed by atoms with E-state index in [0.717, 1.165) is 12.8 Å². The van der Waals surface area contributed by atoms with Crippen LogP contribution in [0.4, 0.5) is 0 Å². The van der Waals surface area contributed by atoms with Crippen molar-refractivity contribution >= 4 is 11.9 Å². The minimum atomic E-state index is -0.863. The SMILES string of the molecule is CCN(C(=O)C1Cc2ccccc2C1)C(C)CC(=O)O. The van der Waals surface area contributed by atoms with Crippen molar-refractivity contribution in [3.8, 4) is 0 Å². The first-order valence-electron chi connectivity index (χ1n) is 7.12. The van der Waals surface area contributed by atoms with E-state index in [2.05, 4.69) is 12.1 Å². The lowest BCUT2D eigenvalue weighted by molar-refractivity contribution is -0.142. The molecule has 0 fully saturated rings. The molecule has 0 heterocycles. The summed E-state index contributed by atoms with van der Waals surface area (Å²) in [4.78, 5) is 25.1. The molecule has 1 aromatic carbocycles. The number of carboxylic acids is 1. The Balaban J connectivity index is 2.06. The summed E-state index contributed by atoms with van der Waals surface area (Å²) in [6.07, 6.45) is 1.54. The fraction of sp³-hybridized carbons (Fsp3) is 0.500. The Labute approximate surface area is 119 Å². The minimum Gasteiger partial charge on any atom is -0.481 e. The molecule has 1 aliphatic carbocycles. The van der Waals surface area contributed by atoms with E-state index in [1.54, 1.807) is 11.8 Å². The quantitative estimate of drug-likeness (QED) is 0.895. The van der Waals surface area contributed by atoms with Gasteiger partial charge in [0.15, 0.2) is 0 Å². The van der Waals surface area contributed by atoms with Gasteiger partial charge in [-0.05, 0) is 37.8 Å². The van der Waals surface area contributed by atoms with Crippen LogP contribution in [-0.4, -0.2) is 34.5 Å². The molecule has 0 bridgehead atoms. The van der Waals surface area contributed by atoms with E-state index in [-0.39, 0.29) is 24.3 Å². The van der Waals surface area contributed by atoms with Crippen LogP contribution in [0.1, 0.15) is 31.4 Å². The number of carbonyl (C=O) groups is 2. The maximum absolute atomic E-state index is 12.6. The van der Waals surface area contributed by atoms with Crippen LogP contribution in [0.2, 0.25) is 0 Å². The van der Waals surface area contributed by atoms with Gasteiger partial charge in [0.1, 0.15) is 0 Å². The molecule has 0 radical (unpaired) electrons. The molecule has 0 saturated heterocycles. The number of aliphatic carboxylic acids is 1. The Kier molecular flexibility index (Phi) is 4.42. The highest BCUT2D eigenvalue weighted by Crippen LogP contribution is 2.28. The molecule has 1 atom stereocenters. The molecule has 1 unspecified atom stereocenters. The van der Waals surface area contributed by atoms with Crippen molar-refractivity contribution in [1.29, 1.82) is 0 Å². The lowest BCUT2D eigenvalue weighted by Gasteiger charge is -2.29. The van der Waals surface area contributed by atoms with Crippen molar-refractivity contribution in [2.45, 2.75) is 39.2 Å². The van der Waals surface area contributed by atoms with Crippen LogP contribution in [0.15, 0.2) is 24.3 Å². The Bertz CT molecular complexity index is 487. The maximum atomic E-state index is 12.6. The molecule has 4 nitrogen and oxygen atoms in total. The number of hydrogen-bond acceptors (Lipinski definition) is 2. The van der Waals surface area contributed by atoms with Gasteiger partial charge in [0.25, 0.3) is 0 Å². The maximum Gasteiger partial charge on any atom is 0.305 e. The highest BCUT2D eigenvalue weighted by molar-refractivity contribution is 5.81. The highest BCUT2D eigenvalue weighted by Gasteiger charge is 2.32. The van der Waals surface area contributed by atoms with Gasteiger partial charge >= 0.3 is 5.97 Å². The van der Waals surface area contributed by atoms with Crippen LogP contribution < -0.4 is 0 Å². The van der Waals surface area contributed by atoms with E-state index >= 15 is 0 Å². The van der Waals surface area contributed by atoms with Crippen molar-refractivity contribution in [1.82, 2.24) is 4.90 Å². The fourth-order valence-corrected chi connectivity index (χ4v) is 3.02. The lowest BCUT2D eigenvalue weighted by Crippen LogP contribution is -2.43. The predicted molar refractivity (Wildman–Crippen MR) is 76.4 cm³/mol. The van der Waals surface area contributed by atoms with Gasteiger partial charge in [-0.3, -0.25) is 9.59 Å². The molecule has 1 N–H and O–H groups in total. The second-order valence-electron chi connectivity index (χ2n) is 5.45. The number of hydrogen-bond donors (Lipinski definition) is 1. The first-order valence-corrected chi connectivity index (χ1v) is 7.12. The Morgan fingerprint density at radius 1 is 1.30 bits per heavy atom. The van der Waals surface area contributed by atoms with Crippen LogP contribution >= 0.6 is 0 Å². The van der Waals surface area contributed by atoms with Crippen molar-refractivity contribution in [2.24, 2.45) is 5.92 Å². The number of carbonyl (C=O) groups excluding carboxylic acids is 1. The molecular weight excluding hydrogens is 254 g/mol. The van der Waals surface area contributed by atoms with Gasteiger partial charge in [0.05, 0.1) is 6.42 Å². The third kappa shape index (κ3) is 3.00. The summed E-state index contributed by atoms with van der Waals surface area (Å²) in [7, 11) is 0. The van der Waals surface area contributed by atoms with E-state index < -0.39 is 5.97 Å². The summed E-state index contributed by atoms with van der Waals surface area (Å²) in [6.45, 7) is 4.26. The van der Waals surface area contributed by atoms with Crippen LogP contribution in [0, 0.1) is 5.92 Å². The zero-order chi connectivity index (χ0) is 14.7. The van der Waals surface area contributed by atoms with Crippen molar-refractivity contribution in [2.75, 3.05) is 6.54 Å². The van der Waals surface area contributed by atoms with E-state index in [0.29, 0.717) is 6.54 Å². The largest absolute Gasteiger partial charge is 0.481 e.